The number of methoxy groups -OCH3 is 1. The lowest BCUT2D eigenvalue weighted by atomic mass is 10.5. The lowest BCUT2D eigenvalue weighted by molar-refractivity contribution is -0.297. The maximum Gasteiger partial charge on any atom is 0.330 e. The molecular formula is C12H17O6-. The molecule has 0 amide bonds. The van der Waals surface area contributed by atoms with E-state index in [1.54, 1.807) is 6.92 Å². The van der Waals surface area contributed by atoms with Gasteiger partial charge in [0, 0.05) is 12.2 Å². The molecule has 0 aliphatic rings. The first-order chi connectivity index (χ1) is 8.47. The van der Waals surface area contributed by atoms with E-state index in [0.717, 1.165) is 12.2 Å². The van der Waals surface area contributed by atoms with Gasteiger partial charge in [0.05, 0.1) is 19.7 Å². The number of hydrogen-bond acceptors (Lipinski definition) is 6. The summed E-state index contributed by atoms with van der Waals surface area (Å²) in [4.78, 5) is 29.9. The van der Waals surface area contributed by atoms with Crippen molar-refractivity contribution < 1.29 is 29.0 Å². The SMILES string of the molecule is C=C.C=CC(=O)OC.CCOC(=O)/C=C\C(=O)[O-]. The van der Waals surface area contributed by atoms with Gasteiger partial charge in [0.2, 0.25) is 0 Å². The second-order valence-corrected chi connectivity index (χ2v) is 2.13. The van der Waals surface area contributed by atoms with Crippen LogP contribution in [0.4, 0.5) is 0 Å². The van der Waals surface area contributed by atoms with Gasteiger partial charge < -0.3 is 19.4 Å². The second-order valence-electron chi connectivity index (χ2n) is 2.13. The molecule has 0 atom stereocenters. The number of rotatable bonds is 4. The molecular weight excluding hydrogens is 240 g/mol. The Bertz CT molecular complexity index is 293. The van der Waals surface area contributed by atoms with Crippen LogP contribution in [0.25, 0.3) is 0 Å². The van der Waals surface area contributed by atoms with Crippen LogP contribution >= 0.6 is 0 Å². The van der Waals surface area contributed by atoms with E-state index >= 15 is 0 Å². The Kier molecular flexibility index (Phi) is 19.9. The fourth-order valence-electron chi connectivity index (χ4n) is 0.410. The molecule has 0 heterocycles. The quantitative estimate of drug-likeness (QED) is 0.400. The van der Waals surface area contributed by atoms with Crippen LogP contribution in [-0.2, 0) is 23.9 Å². The highest BCUT2D eigenvalue weighted by Gasteiger charge is 1.90. The van der Waals surface area contributed by atoms with E-state index in [0.29, 0.717) is 6.08 Å². The summed E-state index contributed by atoms with van der Waals surface area (Å²) in [5.74, 6) is -2.48. The summed E-state index contributed by atoms with van der Waals surface area (Å²) in [5.41, 5.74) is 0. The number of ether oxygens (including phenoxy) is 2. The first-order valence-corrected chi connectivity index (χ1v) is 4.74. The number of carboxylic acid groups (broad SMARTS) is 1. The molecule has 0 N–H and O–H groups in total. The molecule has 102 valence electrons. The third-order valence-corrected chi connectivity index (χ3v) is 1.01. The topological polar surface area (TPSA) is 92.7 Å². The van der Waals surface area contributed by atoms with Crippen molar-refractivity contribution in [3.05, 3.63) is 38.0 Å². The standard InChI is InChI=1S/C6H8O4.C4H6O2.C2H4/c1-2-10-6(9)4-3-5(7)8;1-3-4(5)6-2;1-2/h3-4H,2H2,1H3,(H,7,8);3H,1H2,2H3;1-2H2/p-1/b4-3-;;. The minimum atomic E-state index is -1.41. The summed E-state index contributed by atoms with van der Waals surface area (Å²) in [6.45, 7) is 11.0. The minimum Gasteiger partial charge on any atom is -0.545 e. The average molecular weight is 257 g/mol. The van der Waals surface area contributed by atoms with Crippen molar-refractivity contribution in [2.24, 2.45) is 0 Å². The molecule has 0 bridgehead atoms. The van der Waals surface area contributed by atoms with Gasteiger partial charge in [-0.05, 0) is 13.0 Å². The molecule has 0 unspecified atom stereocenters. The van der Waals surface area contributed by atoms with Crippen LogP contribution < -0.4 is 5.11 Å². The Labute approximate surface area is 106 Å². The highest BCUT2D eigenvalue weighted by atomic mass is 16.5. The fraction of sp³-hybridized carbons (Fsp3) is 0.250. The maximum atomic E-state index is 10.3. The molecule has 6 nitrogen and oxygen atoms in total. The number of carbonyl (C=O) groups excluding carboxylic acids is 3. The van der Waals surface area contributed by atoms with Gasteiger partial charge in [-0.2, -0.15) is 0 Å². The molecule has 0 aliphatic carbocycles. The van der Waals surface area contributed by atoms with Crippen molar-refractivity contribution in [1.82, 2.24) is 0 Å². The minimum absolute atomic E-state index is 0.232. The summed E-state index contributed by atoms with van der Waals surface area (Å²) in [6, 6.07) is 0. The molecule has 0 fully saturated rings. The normalized spacial score (nSPS) is 7.89. The van der Waals surface area contributed by atoms with E-state index in [1.807, 2.05) is 0 Å². The smallest absolute Gasteiger partial charge is 0.330 e. The summed E-state index contributed by atoms with van der Waals surface area (Å²) in [5, 5.41) is 9.70. The molecule has 0 saturated heterocycles. The third-order valence-electron chi connectivity index (χ3n) is 1.01. The van der Waals surface area contributed by atoms with Crippen molar-refractivity contribution in [2.45, 2.75) is 6.92 Å². The highest BCUT2D eigenvalue weighted by Crippen LogP contribution is 1.79. The molecule has 0 radical (unpaired) electrons. The summed E-state index contributed by atoms with van der Waals surface area (Å²) in [6.07, 6.45) is 2.54. The van der Waals surface area contributed by atoms with Gasteiger partial charge in [-0.15, -0.1) is 13.2 Å². The third kappa shape index (κ3) is 23.4. The first kappa shape index (κ1) is 21.0. The molecule has 0 rings (SSSR count). The van der Waals surface area contributed by atoms with Crippen LogP contribution in [0, 0.1) is 0 Å². The summed E-state index contributed by atoms with van der Waals surface area (Å²) < 4.78 is 8.52. The van der Waals surface area contributed by atoms with Gasteiger partial charge in [-0.1, -0.05) is 6.58 Å². The molecule has 0 aromatic heterocycles. The molecule has 0 saturated carbocycles. The van der Waals surface area contributed by atoms with E-state index in [4.69, 9.17) is 0 Å². The Morgan fingerprint density at radius 1 is 1.17 bits per heavy atom. The van der Waals surface area contributed by atoms with E-state index in [9.17, 15) is 19.5 Å². The van der Waals surface area contributed by atoms with Crippen LogP contribution in [0.2, 0.25) is 0 Å². The zero-order valence-electron chi connectivity index (χ0n) is 10.5. The van der Waals surface area contributed by atoms with E-state index in [2.05, 4.69) is 29.2 Å². The molecule has 0 spiro atoms. The van der Waals surface area contributed by atoms with Crippen molar-refractivity contribution >= 4 is 17.9 Å². The molecule has 0 aliphatic heterocycles. The van der Waals surface area contributed by atoms with Crippen LogP contribution in [0.1, 0.15) is 6.92 Å². The highest BCUT2D eigenvalue weighted by molar-refractivity contribution is 5.89. The zero-order valence-corrected chi connectivity index (χ0v) is 10.5. The Morgan fingerprint density at radius 2 is 1.67 bits per heavy atom. The van der Waals surface area contributed by atoms with Crippen LogP contribution in [0.15, 0.2) is 38.0 Å². The number of hydrogen-bond donors (Lipinski definition) is 0. The summed E-state index contributed by atoms with van der Waals surface area (Å²) in [7, 11) is 1.31. The molecule has 18 heavy (non-hydrogen) atoms. The van der Waals surface area contributed by atoms with Crippen molar-refractivity contribution in [3.8, 4) is 0 Å². The molecule has 0 aromatic carbocycles. The van der Waals surface area contributed by atoms with Gasteiger partial charge in [-0.3, -0.25) is 0 Å². The lowest BCUT2D eigenvalue weighted by Gasteiger charge is -1.94. The predicted molar refractivity (Wildman–Crippen MR) is 64.2 cm³/mol. The fourth-order valence-corrected chi connectivity index (χ4v) is 0.410. The predicted octanol–water partition coefficient (Wildman–Crippen LogP) is 0.00320. The first-order valence-electron chi connectivity index (χ1n) is 4.74. The van der Waals surface area contributed by atoms with Gasteiger partial charge in [0.1, 0.15) is 0 Å². The number of carboxylic acids is 1. The Balaban J connectivity index is -0.000000241. The largest absolute Gasteiger partial charge is 0.545 e. The Morgan fingerprint density at radius 3 is 1.89 bits per heavy atom. The number of esters is 2. The number of aliphatic carboxylic acids is 1. The van der Waals surface area contributed by atoms with Crippen LogP contribution in [-0.4, -0.2) is 31.6 Å². The molecule has 6 heteroatoms. The van der Waals surface area contributed by atoms with Crippen LogP contribution in [0.3, 0.4) is 0 Å². The molecule has 0 aromatic rings. The van der Waals surface area contributed by atoms with E-state index in [-0.39, 0.29) is 6.61 Å². The van der Waals surface area contributed by atoms with Crippen LogP contribution in [0.5, 0.6) is 0 Å². The van der Waals surface area contributed by atoms with Crippen molar-refractivity contribution in [3.63, 3.8) is 0 Å². The van der Waals surface area contributed by atoms with Gasteiger partial charge in [-0.25, -0.2) is 9.59 Å². The monoisotopic (exact) mass is 257 g/mol. The van der Waals surface area contributed by atoms with Gasteiger partial charge in [0.15, 0.2) is 0 Å². The second kappa shape index (κ2) is 17.0. The maximum absolute atomic E-state index is 10.3. The Hall–Kier alpha value is -2.37. The van der Waals surface area contributed by atoms with Gasteiger partial charge >= 0.3 is 11.9 Å². The van der Waals surface area contributed by atoms with Crippen molar-refractivity contribution in [1.29, 1.82) is 0 Å². The lowest BCUT2D eigenvalue weighted by Crippen LogP contribution is -2.19. The van der Waals surface area contributed by atoms with Gasteiger partial charge in [0.25, 0.3) is 0 Å². The van der Waals surface area contributed by atoms with Crippen molar-refractivity contribution in [2.75, 3.05) is 13.7 Å². The summed E-state index contributed by atoms with van der Waals surface area (Å²) >= 11 is 0. The van der Waals surface area contributed by atoms with E-state index < -0.39 is 17.9 Å². The average Bonchev–Trinajstić information content (AvgIpc) is 2.39. The number of carbonyl (C=O) groups is 3. The zero-order chi connectivity index (χ0) is 15.0. The van der Waals surface area contributed by atoms with E-state index in [1.165, 1.54) is 7.11 Å².